The summed E-state index contributed by atoms with van der Waals surface area (Å²) >= 11 is 0. The number of ether oxygens (including phenoxy) is 2. The second kappa shape index (κ2) is 10.6. The van der Waals surface area contributed by atoms with E-state index in [4.69, 9.17) is 25.2 Å². The van der Waals surface area contributed by atoms with Crippen molar-refractivity contribution in [3.8, 4) is 11.6 Å². The van der Waals surface area contributed by atoms with Gasteiger partial charge in [-0.25, -0.2) is 4.98 Å². The van der Waals surface area contributed by atoms with E-state index in [0.29, 0.717) is 37.5 Å². The molecule has 2 aromatic carbocycles. The molecule has 0 atom stereocenters. The van der Waals surface area contributed by atoms with Gasteiger partial charge >= 0.3 is 0 Å². The van der Waals surface area contributed by atoms with Crippen molar-refractivity contribution in [2.24, 2.45) is 0 Å². The highest BCUT2D eigenvalue weighted by atomic mass is 16.5. The summed E-state index contributed by atoms with van der Waals surface area (Å²) in [7, 11) is 0. The number of nitrogens with two attached hydrogens (primary N) is 1. The Kier molecular flexibility index (Phi) is 6.70. The van der Waals surface area contributed by atoms with E-state index in [0.717, 1.165) is 42.0 Å². The predicted molar refractivity (Wildman–Crippen MR) is 143 cm³/mol. The van der Waals surface area contributed by atoms with Crippen LogP contribution in [0.2, 0.25) is 0 Å². The van der Waals surface area contributed by atoms with Gasteiger partial charge < -0.3 is 25.4 Å². The van der Waals surface area contributed by atoms with E-state index in [9.17, 15) is 0 Å². The lowest BCUT2D eigenvalue weighted by atomic mass is 10.2. The van der Waals surface area contributed by atoms with Crippen LogP contribution >= 0.6 is 0 Å². The summed E-state index contributed by atoms with van der Waals surface area (Å²) in [6, 6.07) is 15.6. The zero-order valence-electron chi connectivity index (χ0n) is 20.7. The topological polar surface area (TPSA) is 119 Å². The fourth-order valence-electron chi connectivity index (χ4n) is 4.71. The number of rotatable bonds is 8. The first-order valence-electron chi connectivity index (χ1n) is 12.8. The van der Waals surface area contributed by atoms with Crippen molar-refractivity contribution < 1.29 is 9.47 Å². The Labute approximate surface area is 215 Å². The molecule has 0 spiro atoms. The summed E-state index contributed by atoms with van der Waals surface area (Å²) in [6.45, 7) is 6.76. The third-order valence-corrected chi connectivity index (χ3v) is 6.68. The van der Waals surface area contributed by atoms with Crippen LogP contribution in [-0.4, -0.2) is 82.2 Å². The lowest BCUT2D eigenvalue weighted by molar-refractivity contribution is 0.122. The minimum atomic E-state index is 0.237. The van der Waals surface area contributed by atoms with Crippen molar-refractivity contribution in [1.82, 2.24) is 29.6 Å². The highest BCUT2D eigenvalue weighted by Crippen LogP contribution is 2.26. The van der Waals surface area contributed by atoms with Gasteiger partial charge in [0.2, 0.25) is 17.8 Å². The number of nitrogens with zero attached hydrogens (tertiary/aromatic N) is 7. The fraction of sp³-hybridized carbons (Fsp3) is 0.385. The maximum atomic E-state index is 6.31. The van der Waals surface area contributed by atoms with Crippen molar-refractivity contribution >= 4 is 34.4 Å². The number of nitrogens with one attached hydrogen (secondary N) is 1. The Morgan fingerprint density at radius 1 is 0.919 bits per heavy atom. The normalized spacial score (nSPS) is 16.4. The number of likely N-dealkylation sites (tertiary alicyclic amines) is 1. The maximum absolute atomic E-state index is 6.31. The van der Waals surface area contributed by atoms with E-state index in [1.165, 1.54) is 25.9 Å². The molecule has 2 fully saturated rings. The van der Waals surface area contributed by atoms with Gasteiger partial charge in [-0.3, -0.25) is 4.90 Å². The molecule has 6 rings (SSSR count). The maximum Gasteiger partial charge on any atom is 0.248 e. The number of hydrogen-bond acceptors (Lipinski definition) is 10. The van der Waals surface area contributed by atoms with Crippen molar-refractivity contribution in [3.05, 3.63) is 48.5 Å². The zero-order valence-corrected chi connectivity index (χ0v) is 20.7. The molecule has 0 unspecified atom stereocenters. The van der Waals surface area contributed by atoms with E-state index in [2.05, 4.69) is 25.2 Å². The molecule has 0 amide bonds. The van der Waals surface area contributed by atoms with Crippen molar-refractivity contribution in [2.75, 3.05) is 68.5 Å². The first kappa shape index (κ1) is 23.4. The molecule has 4 heterocycles. The lowest BCUT2D eigenvalue weighted by Crippen LogP contribution is -2.37. The average molecular weight is 502 g/mol. The first-order valence-corrected chi connectivity index (χ1v) is 12.8. The van der Waals surface area contributed by atoms with E-state index >= 15 is 0 Å². The molecule has 0 saturated carbocycles. The molecule has 0 aliphatic carbocycles. The molecular weight excluding hydrogens is 470 g/mol. The number of anilines is 4. The third-order valence-electron chi connectivity index (χ3n) is 6.68. The first-order chi connectivity index (χ1) is 18.2. The fourth-order valence-corrected chi connectivity index (χ4v) is 4.71. The molecule has 11 heteroatoms. The van der Waals surface area contributed by atoms with Gasteiger partial charge in [0, 0.05) is 30.7 Å². The lowest BCUT2D eigenvalue weighted by Gasteiger charge is -2.27. The molecule has 4 aromatic rings. The van der Waals surface area contributed by atoms with Crippen LogP contribution in [0.25, 0.3) is 16.7 Å². The van der Waals surface area contributed by atoms with Crippen LogP contribution in [0.5, 0.6) is 5.75 Å². The Morgan fingerprint density at radius 3 is 2.51 bits per heavy atom. The molecule has 11 nitrogen and oxygen atoms in total. The number of nitrogen functional groups attached to an aromatic ring is 1. The highest BCUT2D eigenvalue weighted by Gasteiger charge is 2.20. The summed E-state index contributed by atoms with van der Waals surface area (Å²) in [6.07, 6.45) is 2.58. The van der Waals surface area contributed by atoms with E-state index < -0.39 is 0 Å². The largest absolute Gasteiger partial charge is 0.492 e. The van der Waals surface area contributed by atoms with Crippen LogP contribution in [0, 0.1) is 0 Å². The Morgan fingerprint density at radius 2 is 1.70 bits per heavy atom. The van der Waals surface area contributed by atoms with Crippen LogP contribution in [0.15, 0.2) is 48.5 Å². The number of benzene rings is 2. The van der Waals surface area contributed by atoms with E-state index in [1.807, 2.05) is 48.5 Å². The highest BCUT2D eigenvalue weighted by molar-refractivity contribution is 5.86. The summed E-state index contributed by atoms with van der Waals surface area (Å²) in [5.41, 5.74) is 7.97. The molecule has 3 N–H and O–H groups in total. The number of fused-ring (bicyclic) bond motifs is 1. The van der Waals surface area contributed by atoms with Gasteiger partial charge in [-0.05, 0) is 62.3 Å². The van der Waals surface area contributed by atoms with Crippen LogP contribution in [-0.2, 0) is 4.74 Å². The second-order valence-electron chi connectivity index (χ2n) is 9.22. The van der Waals surface area contributed by atoms with E-state index in [-0.39, 0.29) is 5.95 Å². The SMILES string of the molecule is Nc1nc(Nc2ccc(OCCN3CCCC3)cc2)nn1-c1nc(N2CCOCC2)nc2ccccc12. The molecule has 2 aromatic heterocycles. The molecule has 2 saturated heterocycles. The molecular formula is C26H31N9O2. The number of morpholine rings is 1. The quantitative estimate of drug-likeness (QED) is 0.373. The average Bonchev–Trinajstić information content (AvgIpc) is 3.59. The number of hydrogen-bond donors (Lipinski definition) is 2. The van der Waals surface area contributed by atoms with Crippen molar-refractivity contribution in [2.45, 2.75) is 12.8 Å². The van der Waals surface area contributed by atoms with Gasteiger partial charge in [0.25, 0.3) is 0 Å². The van der Waals surface area contributed by atoms with Gasteiger partial charge in [0.15, 0.2) is 5.82 Å². The van der Waals surface area contributed by atoms with Gasteiger partial charge in [0.05, 0.1) is 18.7 Å². The van der Waals surface area contributed by atoms with Crippen LogP contribution < -0.4 is 20.7 Å². The van der Waals surface area contributed by atoms with Gasteiger partial charge in [-0.2, -0.15) is 14.6 Å². The smallest absolute Gasteiger partial charge is 0.248 e. The van der Waals surface area contributed by atoms with Crippen molar-refractivity contribution in [1.29, 1.82) is 0 Å². The molecule has 0 radical (unpaired) electrons. The minimum Gasteiger partial charge on any atom is -0.492 e. The third kappa shape index (κ3) is 5.27. The summed E-state index contributed by atoms with van der Waals surface area (Å²) < 4.78 is 13.0. The standard InChI is InChI=1S/C26H31N9O2/c27-24-31-25(28-19-7-9-20(10-8-19)37-18-13-33-11-3-4-12-33)32-35(24)23-21-5-1-2-6-22(21)29-26(30-23)34-14-16-36-17-15-34/h1-2,5-10H,3-4,11-18H2,(H3,27,28,31,32). The Balaban J connectivity index is 1.19. The van der Waals surface area contributed by atoms with Crippen molar-refractivity contribution in [3.63, 3.8) is 0 Å². The second-order valence-corrected chi connectivity index (χ2v) is 9.22. The molecule has 2 aliphatic rings. The van der Waals surface area contributed by atoms with Gasteiger partial charge in [-0.1, -0.05) is 12.1 Å². The van der Waals surface area contributed by atoms with Crippen LogP contribution in [0.3, 0.4) is 0 Å². The predicted octanol–water partition coefficient (Wildman–Crippen LogP) is 2.85. The Hall–Kier alpha value is -3.96. The number of para-hydroxylation sites is 1. The molecule has 2 aliphatic heterocycles. The van der Waals surface area contributed by atoms with E-state index in [1.54, 1.807) is 4.68 Å². The summed E-state index contributed by atoms with van der Waals surface area (Å²) in [5.74, 6) is 2.68. The minimum absolute atomic E-state index is 0.237. The van der Waals surface area contributed by atoms with Crippen LogP contribution in [0.1, 0.15) is 12.8 Å². The summed E-state index contributed by atoms with van der Waals surface area (Å²) in [4.78, 5) is 18.6. The molecule has 192 valence electrons. The number of aromatic nitrogens is 5. The van der Waals surface area contributed by atoms with Gasteiger partial charge in [-0.15, -0.1) is 5.10 Å². The van der Waals surface area contributed by atoms with Crippen LogP contribution in [0.4, 0.5) is 23.5 Å². The zero-order chi connectivity index (χ0) is 25.0. The van der Waals surface area contributed by atoms with Gasteiger partial charge in [0.1, 0.15) is 12.4 Å². The molecule has 37 heavy (non-hydrogen) atoms. The molecule has 0 bridgehead atoms. The monoisotopic (exact) mass is 501 g/mol. The Bertz CT molecular complexity index is 1350. The summed E-state index contributed by atoms with van der Waals surface area (Å²) in [5, 5.41) is 8.70.